The van der Waals surface area contributed by atoms with Crippen LogP contribution in [0.25, 0.3) is 10.9 Å². The van der Waals surface area contributed by atoms with Crippen molar-refractivity contribution in [2.45, 2.75) is 13.8 Å². The third-order valence-electron chi connectivity index (χ3n) is 6.40. The van der Waals surface area contributed by atoms with Crippen LogP contribution in [0.2, 0.25) is 0 Å². The number of hydrogen-bond acceptors (Lipinski definition) is 9. The van der Waals surface area contributed by atoms with E-state index in [0.717, 1.165) is 35.4 Å². The van der Waals surface area contributed by atoms with Gasteiger partial charge >= 0.3 is 0 Å². The van der Waals surface area contributed by atoms with E-state index in [2.05, 4.69) is 54.4 Å². The second-order valence-corrected chi connectivity index (χ2v) is 9.05. The molecule has 5 rings (SSSR count). The maximum absolute atomic E-state index is 7.82. The SMILES string of the molecule is CCN(CC)c1ccc(N=Nc2ccc(N=Nc3ccc(N=Nc4ccc5ccccc5n4)cc3)c(C=N)c2)cc1. The number of rotatable bonds is 10. The third kappa shape index (κ3) is 6.96. The molecule has 1 aromatic heterocycles. The highest BCUT2D eigenvalue weighted by molar-refractivity contribution is 5.86. The lowest BCUT2D eigenvalue weighted by atomic mass is 10.2. The highest BCUT2D eigenvalue weighted by atomic mass is 15.1. The molecule has 5 aromatic rings. The molecule has 1 N–H and O–H groups in total. The normalized spacial score (nSPS) is 11.7. The number of nitrogens with one attached hydrogen (secondary N) is 1. The lowest BCUT2D eigenvalue weighted by molar-refractivity contribution is 0.866. The summed E-state index contributed by atoms with van der Waals surface area (Å²) < 4.78 is 0. The lowest BCUT2D eigenvalue weighted by Gasteiger charge is -2.20. The molecule has 0 aliphatic carbocycles. The molecule has 0 saturated carbocycles. The molecule has 4 aromatic carbocycles. The second kappa shape index (κ2) is 13.1. The Morgan fingerprint density at radius 3 is 1.90 bits per heavy atom. The van der Waals surface area contributed by atoms with E-state index < -0.39 is 0 Å². The van der Waals surface area contributed by atoms with Gasteiger partial charge in [0.05, 0.1) is 34.0 Å². The van der Waals surface area contributed by atoms with E-state index >= 15 is 0 Å². The van der Waals surface area contributed by atoms with Crippen LogP contribution in [-0.2, 0) is 0 Å². The molecule has 202 valence electrons. The first-order chi connectivity index (χ1) is 20.1. The zero-order valence-electron chi connectivity index (χ0n) is 22.9. The lowest BCUT2D eigenvalue weighted by Crippen LogP contribution is -2.21. The van der Waals surface area contributed by atoms with Gasteiger partial charge in [-0.2, -0.15) is 15.3 Å². The molecule has 0 bridgehead atoms. The van der Waals surface area contributed by atoms with E-state index in [0.29, 0.717) is 34.1 Å². The Kier molecular flexibility index (Phi) is 8.66. The van der Waals surface area contributed by atoms with Crippen molar-refractivity contribution in [3.63, 3.8) is 0 Å². The van der Waals surface area contributed by atoms with Gasteiger partial charge < -0.3 is 10.3 Å². The van der Waals surface area contributed by atoms with Crippen molar-refractivity contribution in [2.75, 3.05) is 18.0 Å². The molecule has 0 aliphatic heterocycles. The van der Waals surface area contributed by atoms with Crippen molar-refractivity contribution < 1.29 is 0 Å². The molecule has 0 unspecified atom stereocenters. The molecule has 0 saturated heterocycles. The first-order valence-electron chi connectivity index (χ1n) is 13.4. The molecule has 1 heterocycles. The number of azo groups is 3. The Morgan fingerprint density at radius 1 is 0.634 bits per heavy atom. The number of hydrogen-bond donors (Lipinski definition) is 1. The molecule has 9 heteroatoms. The van der Waals surface area contributed by atoms with Crippen LogP contribution >= 0.6 is 0 Å². The number of fused-ring (bicyclic) bond motifs is 1. The predicted molar refractivity (Wildman–Crippen MR) is 165 cm³/mol. The molecule has 0 radical (unpaired) electrons. The van der Waals surface area contributed by atoms with Crippen LogP contribution in [0.1, 0.15) is 19.4 Å². The average Bonchev–Trinajstić information content (AvgIpc) is 3.03. The summed E-state index contributed by atoms with van der Waals surface area (Å²) in [5, 5.41) is 34.7. The summed E-state index contributed by atoms with van der Waals surface area (Å²) >= 11 is 0. The van der Waals surface area contributed by atoms with E-state index in [4.69, 9.17) is 5.41 Å². The third-order valence-corrected chi connectivity index (χ3v) is 6.40. The summed E-state index contributed by atoms with van der Waals surface area (Å²) in [6.45, 7) is 6.18. The smallest absolute Gasteiger partial charge is 0.174 e. The Morgan fingerprint density at radius 2 is 1.22 bits per heavy atom. The van der Waals surface area contributed by atoms with E-state index in [9.17, 15) is 0 Å². The van der Waals surface area contributed by atoms with Crippen molar-refractivity contribution in [2.24, 2.45) is 30.7 Å². The number of aromatic nitrogens is 1. The maximum Gasteiger partial charge on any atom is 0.174 e. The molecule has 0 spiro atoms. The summed E-state index contributed by atoms with van der Waals surface area (Å²) in [4.78, 5) is 6.78. The maximum atomic E-state index is 7.82. The van der Waals surface area contributed by atoms with Gasteiger partial charge in [0.2, 0.25) is 0 Å². The van der Waals surface area contributed by atoms with Crippen LogP contribution in [0.5, 0.6) is 0 Å². The van der Waals surface area contributed by atoms with E-state index in [1.54, 1.807) is 18.2 Å². The van der Waals surface area contributed by atoms with E-state index in [1.165, 1.54) is 6.21 Å². The summed E-state index contributed by atoms with van der Waals surface area (Å²) in [6.07, 6.45) is 1.23. The van der Waals surface area contributed by atoms with Gasteiger partial charge in [-0.25, -0.2) is 4.98 Å². The molecule has 41 heavy (non-hydrogen) atoms. The van der Waals surface area contributed by atoms with Crippen molar-refractivity contribution in [3.8, 4) is 0 Å². The average molecular weight is 540 g/mol. The Labute approximate surface area is 238 Å². The fourth-order valence-electron chi connectivity index (χ4n) is 4.16. The van der Waals surface area contributed by atoms with Crippen molar-refractivity contribution in [1.82, 2.24) is 4.98 Å². The predicted octanol–water partition coefficient (Wildman–Crippen LogP) is 10.3. The van der Waals surface area contributed by atoms with Crippen molar-refractivity contribution >= 4 is 57.1 Å². The van der Waals surface area contributed by atoms with Crippen molar-refractivity contribution in [3.05, 3.63) is 109 Å². The number of pyridine rings is 1. The van der Waals surface area contributed by atoms with Gasteiger partial charge in [0.15, 0.2) is 5.82 Å². The highest BCUT2D eigenvalue weighted by Crippen LogP contribution is 2.29. The summed E-state index contributed by atoms with van der Waals surface area (Å²) in [5.74, 6) is 0.544. The van der Waals surface area contributed by atoms with E-state index in [-0.39, 0.29) is 0 Å². The number of para-hydroxylation sites is 1. The highest BCUT2D eigenvalue weighted by Gasteiger charge is 2.04. The molecular weight excluding hydrogens is 510 g/mol. The van der Waals surface area contributed by atoms with Gasteiger partial charge in [0.25, 0.3) is 0 Å². The van der Waals surface area contributed by atoms with Crippen LogP contribution in [0, 0.1) is 5.41 Å². The Hall–Kier alpha value is -5.44. The quantitative estimate of drug-likeness (QED) is 0.140. The molecule has 0 fully saturated rings. The summed E-state index contributed by atoms with van der Waals surface area (Å²) in [6, 6.07) is 32.3. The number of anilines is 1. The van der Waals surface area contributed by atoms with Crippen LogP contribution in [0.4, 0.5) is 39.9 Å². The second-order valence-electron chi connectivity index (χ2n) is 9.05. The van der Waals surface area contributed by atoms with Gasteiger partial charge in [0, 0.05) is 35.9 Å². The fraction of sp³-hybridized carbons (Fsp3) is 0.125. The largest absolute Gasteiger partial charge is 0.372 e. The Balaban J connectivity index is 1.23. The molecule has 0 atom stereocenters. The van der Waals surface area contributed by atoms with Gasteiger partial charge in [-0.05, 0) is 98.8 Å². The van der Waals surface area contributed by atoms with E-state index in [1.807, 2.05) is 84.9 Å². The van der Waals surface area contributed by atoms with Crippen LogP contribution in [0.3, 0.4) is 0 Å². The zero-order valence-corrected chi connectivity index (χ0v) is 22.9. The Bertz CT molecular complexity index is 1720. The summed E-state index contributed by atoms with van der Waals surface area (Å²) in [7, 11) is 0. The minimum Gasteiger partial charge on any atom is -0.372 e. The fourth-order valence-corrected chi connectivity index (χ4v) is 4.16. The zero-order chi connectivity index (χ0) is 28.4. The minimum absolute atomic E-state index is 0.544. The topological polar surface area (TPSA) is 114 Å². The molecule has 0 aliphatic rings. The molecule has 9 nitrogen and oxygen atoms in total. The number of nitrogens with zero attached hydrogens (tertiary/aromatic N) is 8. The summed E-state index contributed by atoms with van der Waals surface area (Å²) in [5.41, 5.74) is 5.91. The van der Waals surface area contributed by atoms with Crippen LogP contribution in [0.15, 0.2) is 134 Å². The van der Waals surface area contributed by atoms with Gasteiger partial charge in [-0.15, -0.1) is 15.3 Å². The molecular formula is C32H29N9. The minimum atomic E-state index is 0.544. The van der Waals surface area contributed by atoms with Gasteiger partial charge in [0.1, 0.15) is 0 Å². The monoisotopic (exact) mass is 539 g/mol. The van der Waals surface area contributed by atoms with Crippen LogP contribution < -0.4 is 4.90 Å². The first kappa shape index (κ1) is 27.1. The first-order valence-corrected chi connectivity index (χ1v) is 13.4. The van der Waals surface area contributed by atoms with Gasteiger partial charge in [-0.3, -0.25) is 0 Å². The number of benzene rings is 4. The standard InChI is InChI=1S/C32H29N9/c1-3-41(4-2)29-17-14-27(15-18-29)35-38-28-16-19-31(24(21-28)22-33)39-36-25-10-12-26(13-11-25)37-40-32-20-9-23-7-5-6-8-30(23)34-32/h5-22,33H,3-4H2,1-2H3. The van der Waals surface area contributed by atoms with Crippen LogP contribution in [-0.4, -0.2) is 24.3 Å². The van der Waals surface area contributed by atoms with Crippen molar-refractivity contribution in [1.29, 1.82) is 5.41 Å². The van der Waals surface area contributed by atoms with Gasteiger partial charge in [-0.1, -0.05) is 18.2 Å². The molecule has 0 amide bonds.